The third-order valence-electron chi connectivity index (χ3n) is 6.33. The molecule has 2 aliphatic rings. The topological polar surface area (TPSA) is 46.4 Å². The number of aryl methyl sites for hydroxylation is 1. The van der Waals surface area contributed by atoms with Gasteiger partial charge in [-0.1, -0.05) is 29.2 Å². The van der Waals surface area contributed by atoms with Crippen LogP contribution in [0.5, 0.6) is 0 Å². The summed E-state index contributed by atoms with van der Waals surface area (Å²) in [7, 11) is 5.91. The molecule has 0 amide bonds. The first kappa shape index (κ1) is 25.8. The SMILES string of the molecule is C=C1C(Cc2cnn(CC)c2)=C(C)C=CN1c1nc(N2CCO[C@H](C)C2)cc(C(C)(P)I)c1P. The Balaban J connectivity index is 1.73. The second-order valence-electron chi connectivity index (χ2n) is 9.14. The van der Waals surface area contributed by atoms with Crippen molar-refractivity contribution in [3.8, 4) is 0 Å². The first-order valence-corrected chi connectivity index (χ1v) is 13.8. The molecule has 2 aromatic heterocycles. The Bertz CT molecular complexity index is 1150. The molecule has 3 unspecified atom stereocenters. The summed E-state index contributed by atoms with van der Waals surface area (Å²) in [6, 6.07) is 2.22. The van der Waals surface area contributed by atoms with Gasteiger partial charge < -0.3 is 14.5 Å². The maximum Gasteiger partial charge on any atom is 0.147 e. The fraction of sp³-hybridized carbons (Fsp3) is 0.440. The van der Waals surface area contributed by atoms with Gasteiger partial charge in [-0.25, -0.2) is 4.98 Å². The van der Waals surface area contributed by atoms with Gasteiger partial charge in [0, 0.05) is 49.5 Å². The number of morpholine rings is 1. The summed E-state index contributed by atoms with van der Waals surface area (Å²) in [5.41, 5.74) is 5.80. The minimum atomic E-state index is -0.136. The lowest BCUT2D eigenvalue weighted by molar-refractivity contribution is 0.0529. The number of halogens is 1. The van der Waals surface area contributed by atoms with Crippen LogP contribution in [-0.2, 0) is 20.9 Å². The predicted molar refractivity (Wildman–Crippen MR) is 157 cm³/mol. The molecule has 4 heterocycles. The largest absolute Gasteiger partial charge is 0.375 e. The van der Waals surface area contributed by atoms with E-state index < -0.39 is 0 Å². The fourth-order valence-corrected chi connectivity index (χ4v) is 6.10. The molecule has 4 atom stereocenters. The van der Waals surface area contributed by atoms with E-state index in [4.69, 9.17) is 9.72 Å². The normalized spacial score (nSPS) is 20.8. The van der Waals surface area contributed by atoms with Crippen LogP contribution in [0.3, 0.4) is 0 Å². The van der Waals surface area contributed by atoms with Crippen LogP contribution in [0.25, 0.3) is 0 Å². The van der Waals surface area contributed by atoms with Crippen molar-refractivity contribution in [3.05, 3.63) is 65.3 Å². The van der Waals surface area contributed by atoms with E-state index in [0.29, 0.717) is 6.61 Å². The molecule has 1 fully saturated rings. The van der Waals surface area contributed by atoms with Crippen molar-refractivity contribution in [2.75, 3.05) is 29.5 Å². The summed E-state index contributed by atoms with van der Waals surface area (Å²) in [5.74, 6) is 1.88. The first-order valence-electron chi connectivity index (χ1n) is 11.6. The summed E-state index contributed by atoms with van der Waals surface area (Å²) < 4.78 is 7.61. The molecule has 182 valence electrons. The lowest BCUT2D eigenvalue weighted by atomic mass is 9.97. The maximum absolute atomic E-state index is 5.78. The van der Waals surface area contributed by atoms with E-state index in [1.807, 2.05) is 10.9 Å². The Morgan fingerprint density at radius 3 is 2.79 bits per heavy atom. The standard InChI is InChI=1S/C25H34IN5OP2/c1-6-30-15-19(13-27-30)11-20-16(2)7-8-31(18(20)4)24-23(33)21(25(5,26)34)12-22(28-24)29-9-10-32-17(3)14-29/h7-8,12-13,15,17H,4,6,9-11,14,33-34H2,1-3,5H3/t17-,25?/m1/s1. The summed E-state index contributed by atoms with van der Waals surface area (Å²) in [6.45, 7) is 16.3. The third kappa shape index (κ3) is 5.43. The van der Waals surface area contributed by atoms with Gasteiger partial charge in [-0.3, -0.25) is 4.68 Å². The van der Waals surface area contributed by atoms with Crippen LogP contribution in [0, 0.1) is 0 Å². The van der Waals surface area contributed by atoms with E-state index in [1.165, 1.54) is 22.3 Å². The van der Waals surface area contributed by atoms with Crippen LogP contribution in [-0.4, -0.2) is 40.6 Å². The number of rotatable bonds is 6. The van der Waals surface area contributed by atoms with Crippen molar-refractivity contribution in [1.29, 1.82) is 0 Å². The van der Waals surface area contributed by atoms with Gasteiger partial charge in [0.25, 0.3) is 0 Å². The Morgan fingerprint density at radius 1 is 1.38 bits per heavy atom. The number of hydrogen-bond acceptors (Lipinski definition) is 5. The molecule has 0 radical (unpaired) electrons. The second kappa shape index (κ2) is 10.4. The van der Waals surface area contributed by atoms with Gasteiger partial charge >= 0.3 is 0 Å². The molecule has 0 bridgehead atoms. The van der Waals surface area contributed by atoms with Gasteiger partial charge in [-0.15, -0.1) is 18.5 Å². The molecular weight excluding hydrogens is 575 g/mol. The zero-order valence-corrected chi connectivity index (χ0v) is 24.9. The number of aromatic nitrogens is 3. The van der Waals surface area contributed by atoms with Gasteiger partial charge in [0.2, 0.25) is 0 Å². The van der Waals surface area contributed by atoms with E-state index in [-0.39, 0.29) is 9.27 Å². The van der Waals surface area contributed by atoms with Crippen molar-refractivity contribution in [2.45, 2.75) is 49.9 Å². The molecule has 9 heteroatoms. The van der Waals surface area contributed by atoms with Gasteiger partial charge in [-0.05, 0) is 62.1 Å². The molecule has 0 N–H and O–H groups in total. The highest BCUT2D eigenvalue weighted by Gasteiger charge is 2.29. The summed E-state index contributed by atoms with van der Waals surface area (Å²) in [6.07, 6.45) is 9.30. The molecule has 4 rings (SSSR count). The zero-order valence-electron chi connectivity index (χ0n) is 20.4. The Kier molecular flexibility index (Phi) is 7.88. The number of alkyl halides is 1. The lowest BCUT2D eigenvalue weighted by Crippen LogP contribution is -2.42. The quantitative estimate of drug-likeness (QED) is 0.265. The number of allylic oxidation sites excluding steroid dienone is 3. The van der Waals surface area contributed by atoms with E-state index in [0.717, 1.165) is 48.7 Å². The van der Waals surface area contributed by atoms with Crippen molar-refractivity contribution >= 4 is 58.0 Å². The number of ether oxygens (including phenoxy) is 1. The van der Waals surface area contributed by atoms with Crippen molar-refractivity contribution in [1.82, 2.24) is 14.8 Å². The third-order valence-corrected chi connectivity index (χ3v) is 7.79. The van der Waals surface area contributed by atoms with Gasteiger partial charge in [0.15, 0.2) is 0 Å². The molecule has 6 nitrogen and oxygen atoms in total. The average molecular weight is 609 g/mol. The number of anilines is 2. The van der Waals surface area contributed by atoms with E-state index in [2.05, 4.69) is 115 Å². The number of hydrogen-bond donors (Lipinski definition) is 0. The van der Waals surface area contributed by atoms with Crippen LogP contribution >= 0.6 is 41.1 Å². The summed E-state index contributed by atoms with van der Waals surface area (Å²) in [4.78, 5) is 9.64. The zero-order chi connectivity index (χ0) is 24.6. The van der Waals surface area contributed by atoms with E-state index >= 15 is 0 Å². The van der Waals surface area contributed by atoms with Crippen LogP contribution < -0.4 is 15.1 Å². The molecule has 1 saturated heterocycles. The van der Waals surface area contributed by atoms with Gasteiger partial charge in [0.05, 0.1) is 22.1 Å². The average Bonchev–Trinajstić information content (AvgIpc) is 3.24. The molecule has 0 aromatic carbocycles. The monoisotopic (exact) mass is 609 g/mol. The number of pyridine rings is 1. The first-order chi connectivity index (χ1) is 16.1. The Morgan fingerprint density at radius 2 is 2.15 bits per heavy atom. The highest BCUT2D eigenvalue weighted by atomic mass is 127. The van der Waals surface area contributed by atoms with Crippen molar-refractivity contribution in [3.63, 3.8) is 0 Å². The van der Waals surface area contributed by atoms with Gasteiger partial charge in [0.1, 0.15) is 11.6 Å². The van der Waals surface area contributed by atoms with Crippen LogP contribution in [0.2, 0.25) is 0 Å². The van der Waals surface area contributed by atoms with Crippen LogP contribution in [0.1, 0.15) is 38.8 Å². The van der Waals surface area contributed by atoms with E-state index in [9.17, 15) is 0 Å². The van der Waals surface area contributed by atoms with Gasteiger partial charge in [-0.2, -0.15) is 5.10 Å². The van der Waals surface area contributed by atoms with E-state index in [1.54, 1.807) is 0 Å². The highest BCUT2D eigenvalue weighted by molar-refractivity contribution is 14.1. The minimum Gasteiger partial charge on any atom is -0.375 e. The Hall–Kier alpha value is -1.27. The Labute approximate surface area is 221 Å². The maximum atomic E-state index is 5.78. The summed E-state index contributed by atoms with van der Waals surface area (Å²) >= 11 is 2.48. The minimum absolute atomic E-state index is 0.136. The number of nitrogens with zero attached hydrogens (tertiary/aromatic N) is 5. The molecule has 2 aromatic rings. The predicted octanol–water partition coefficient (Wildman–Crippen LogP) is 4.91. The molecule has 0 aliphatic carbocycles. The smallest absolute Gasteiger partial charge is 0.147 e. The van der Waals surface area contributed by atoms with Crippen LogP contribution in [0.4, 0.5) is 11.6 Å². The molecule has 2 aliphatic heterocycles. The molecule has 34 heavy (non-hydrogen) atoms. The van der Waals surface area contributed by atoms with Crippen molar-refractivity contribution < 1.29 is 4.74 Å². The lowest BCUT2D eigenvalue weighted by Gasteiger charge is -2.35. The fourth-order valence-electron chi connectivity index (χ4n) is 4.37. The molecule has 0 saturated carbocycles. The van der Waals surface area contributed by atoms with Crippen molar-refractivity contribution in [2.24, 2.45) is 0 Å². The highest BCUT2D eigenvalue weighted by Crippen LogP contribution is 2.41. The second-order valence-corrected chi connectivity index (χ2v) is 14.3. The molecule has 0 spiro atoms. The van der Waals surface area contributed by atoms with Crippen LogP contribution in [0.15, 0.2) is 54.2 Å². The molecular formula is C25H34IN5OP2. The summed E-state index contributed by atoms with van der Waals surface area (Å²) in [5, 5.41) is 5.53.